The van der Waals surface area contributed by atoms with Crippen LogP contribution in [0.4, 0.5) is 0 Å². The van der Waals surface area contributed by atoms with Gasteiger partial charge < -0.3 is 9.47 Å². The van der Waals surface area contributed by atoms with Crippen molar-refractivity contribution in [3.63, 3.8) is 0 Å². The Labute approximate surface area is 382 Å². The summed E-state index contributed by atoms with van der Waals surface area (Å²) in [6, 6.07) is 17.2. The highest BCUT2D eigenvalue weighted by atomic mass is 15.2. The van der Waals surface area contributed by atoms with Gasteiger partial charge in [0.2, 0.25) is 0 Å². The molecule has 0 N–H and O–H groups in total. The third-order valence-corrected chi connectivity index (χ3v) is 17.5. The Morgan fingerprint density at radius 2 is 1.59 bits per heavy atom. The standard InChI is InChI=1S/C62H64N2/c1-5-15-42(16-6-1)46-28-32-57-51(35-46)36-47-25-29-52(40-60(47)63(57)53-21-11-4-12-22-53)62-34-33-59-61(56(62)41-62)55-23-13-14-24-58(55)64(59)54-30-26-45(27-31-54)50-38-48(43-17-7-2-8-18-43)37-49(39-50)44-19-9-3-10-20-44/h2,4,7-9,11,13-14,17,19-21,23-27,29-30,35,37-39,42-43,52,54,56H,1,3,5-6,10,12,15-16,18,22,28,31-34,36,40-41H2. The summed E-state index contributed by atoms with van der Waals surface area (Å²) in [5.74, 6) is 2.49. The van der Waals surface area contributed by atoms with Gasteiger partial charge in [-0.25, -0.2) is 0 Å². The fraction of sp³-hybridized carbons (Fsp3) is 0.387. The second-order valence-corrected chi connectivity index (χ2v) is 21.0. The van der Waals surface area contributed by atoms with Crippen LogP contribution in [0.2, 0.25) is 0 Å². The molecule has 2 aromatic carbocycles. The van der Waals surface area contributed by atoms with Crippen LogP contribution in [-0.2, 0) is 6.42 Å². The average molecular weight is 837 g/mol. The van der Waals surface area contributed by atoms with Crippen LogP contribution in [0.25, 0.3) is 22.0 Å². The third kappa shape index (κ3) is 6.63. The summed E-state index contributed by atoms with van der Waals surface area (Å²) < 4.78 is 2.78. The fourth-order valence-electron chi connectivity index (χ4n) is 14.2. The van der Waals surface area contributed by atoms with Crippen molar-refractivity contribution in [1.29, 1.82) is 0 Å². The number of rotatable bonds is 7. The van der Waals surface area contributed by atoms with Gasteiger partial charge in [-0.3, -0.25) is 0 Å². The molecule has 0 radical (unpaired) electrons. The first-order chi connectivity index (χ1) is 31.7. The van der Waals surface area contributed by atoms with Gasteiger partial charge in [-0.15, -0.1) is 0 Å². The molecule has 2 heteroatoms. The van der Waals surface area contributed by atoms with Crippen molar-refractivity contribution in [2.45, 2.75) is 133 Å². The molecule has 10 aliphatic rings. The predicted molar refractivity (Wildman–Crippen MR) is 267 cm³/mol. The molecular weight excluding hydrogens is 773 g/mol. The second kappa shape index (κ2) is 16.0. The predicted octanol–water partition coefficient (Wildman–Crippen LogP) is 16.3. The van der Waals surface area contributed by atoms with Crippen molar-refractivity contribution in [3.8, 4) is 0 Å². The fourth-order valence-corrected chi connectivity index (χ4v) is 14.2. The number of para-hydroxylation sites is 1. The number of benzene rings is 2. The van der Waals surface area contributed by atoms with E-state index in [1.54, 1.807) is 39.4 Å². The van der Waals surface area contributed by atoms with Crippen molar-refractivity contribution < 1.29 is 0 Å². The van der Waals surface area contributed by atoms with Crippen molar-refractivity contribution in [2.75, 3.05) is 0 Å². The lowest BCUT2D eigenvalue weighted by Gasteiger charge is -2.44. The van der Waals surface area contributed by atoms with Crippen LogP contribution in [0.15, 0.2) is 173 Å². The molecule has 322 valence electrons. The summed E-state index contributed by atoms with van der Waals surface area (Å²) in [5.41, 5.74) is 21.8. The summed E-state index contributed by atoms with van der Waals surface area (Å²) >= 11 is 0. The highest BCUT2D eigenvalue weighted by molar-refractivity contribution is 5.88. The van der Waals surface area contributed by atoms with E-state index < -0.39 is 0 Å². The Kier molecular flexibility index (Phi) is 9.75. The average Bonchev–Trinajstić information content (AvgIpc) is 4.04. The largest absolute Gasteiger partial charge is 0.337 e. The molecule has 0 bridgehead atoms. The molecule has 64 heavy (non-hydrogen) atoms. The molecule has 2 saturated carbocycles. The molecule has 9 aliphatic carbocycles. The van der Waals surface area contributed by atoms with E-state index in [2.05, 4.69) is 149 Å². The van der Waals surface area contributed by atoms with E-state index in [4.69, 9.17) is 0 Å². The molecule has 13 rings (SSSR count). The van der Waals surface area contributed by atoms with E-state index >= 15 is 0 Å². The lowest BCUT2D eigenvalue weighted by molar-refractivity contribution is 0.288. The highest BCUT2D eigenvalue weighted by Gasteiger charge is 2.62. The minimum atomic E-state index is 0.336. The van der Waals surface area contributed by atoms with Crippen LogP contribution >= 0.6 is 0 Å². The van der Waals surface area contributed by atoms with E-state index in [1.165, 1.54) is 115 Å². The molecule has 2 nitrogen and oxygen atoms in total. The quantitative estimate of drug-likeness (QED) is 0.230. The summed E-state index contributed by atoms with van der Waals surface area (Å²) in [6.45, 7) is 0. The maximum atomic E-state index is 2.83. The first-order valence-corrected chi connectivity index (χ1v) is 25.5. The van der Waals surface area contributed by atoms with Gasteiger partial charge in [0.05, 0.1) is 6.04 Å². The van der Waals surface area contributed by atoms with Crippen molar-refractivity contribution >= 4 is 22.0 Å². The normalized spacial score (nSPS) is 29.5. The molecule has 3 aromatic rings. The number of allylic oxidation sites excluding steroid dienone is 24. The van der Waals surface area contributed by atoms with Gasteiger partial charge in [0, 0.05) is 46.0 Å². The first-order valence-electron chi connectivity index (χ1n) is 25.5. The van der Waals surface area contributed by atoms with Crippen molar-refractivity contribution in [2.24, 2.45) is 17.3 Å². The lowest BCUT2D eigenvalue weighted by Crippen LogP contribution is -2.34. The Hall–Kier alpha value is -5.34. The van der Waals surface area contributed by atoms with Gasteiger partial charge in [-0.2, -0.15) is 0 Å². The van der Waals surface area contributed by atoms with E-state index in [1.807, 2.05) is 0 Å². The molecule has 1 aromatic heterocycles. The van der Waals surface area contributed by atoms with E-state index in [-0.39, 0.29) is 0 Å². The maximum absolute atomic E-state index is 2.83. The minimum absolute atomic E-state index is 0.336. The van der Waals surface area contributed by atoms with Gasteiger partial charge in [-0.1, -0.05) is 146 Å². The summed E-state index contributed by atoms with van der Waals surface area (Å²) in [4.78, 5) is 2.83. The molecule has 2 fully saturated rings. The summed E-state index contributed by atoms with van der Waals surface area (Å²) in [6.07, 6.45) is 61.3. The Balaban J connectivity index is 0.786. The molecular formula is C62H64N2. The van der Waals surface area contributed by atoms with E-state index in [0.29, 0.717) is 29.2 Å². The zero-order chi connectivity index (χ0) is 42.2. The molecule has 2 heterocycles. The molecule has 0 saturated heterocycles. The van der Waals surface area contributed by atoms with Gasteiger partial charge >= 0.3 is 0 Å². The van der Waals surface area contributed by atoms with Crippen LogP contribution < -0.4 is 0 Å². The van der Waals surface area contributed by atoms with Crippen LogP contribution in [0.1, 0.15) is 155 Å². The maximum Gasteiger partial charge on any atom is 0.0557 e. The monoisotopic (exact) mass is 837 g/mol. The molecule has 5 unspecified atom stereocenters. The highest BCUT2D eigenvalue weighted by Crippen LogP contribution is 2.72. The number of hydrogen-bond acceptors (Lipinski definition) is 1. The Morgan fingerprint density at radius 1 is 0.688 bits per heavy atom. The third-order valence-electron chi connectivity index (χ3n) is 17.5. The molecule has 5 atom stereocenters. The first kappa shape index (κ1) is 39.1. The van der Waals surface area contributed by atoms with Gasteiger partial charge in [0.15, 0.2) is 0 Å². The minimum Gasteiger partial charge on any atom is -0.337 e. The van der Waals surface area contributed by atoms with Crippen LogP contribution in [-0.4, -0.2) is 9.47 Å². The van der Waals surface area contributed by atoms with E-state index in [0.717, 1.165) is 50.9 Å². The number of aromatic nitrogens is 1. The number of hydrogen-bond donors (Lipinski definition) is 0. The smallest absolute Gasteiger partial charge is 0.0557 e. The second-order valence-electron chi connectivity index (χ2n) is 21.0. The zero-order valence-electron chi connectivity index (χ0n) is 37.8. The SMILES string of the molecule is C1=CCCC(N2C3=C(C=C(C4CCCCC4)CC3)CC3=C2CC(C24CCc5c(c6ccccc6n5C5C=CC(c6cc(C7=CCCC=C7)cc(C7C=CC=CC7)c6)=CC5)C2C4)C=C3)=C1. The topological polar surface area (TPSA) is 8.17 Å². The van der Waals surface area contributed by atoms with Crippen molar-refractivity contribution in [3.05, 3.63) is 201 Å². The summed E-state index contributed by atoms with van der Waals surface area (Å²) in [7, 11) is 0. The molecule has 1 aliphatic heterocycles. The lowest BCUT2D eigenvalue weighted by atomic mass is 9.71. The number of nitrogens with zero attached hydrogens (tertiary/aromatic N) is 2. The van der Waals surface area contributed by atoms with Crippen LogP contribution in [0.5, 0.6) is 0 Å². The van der Waals surface area contributed by atoms with Gasteiger partial charge in [0.25, 0.3) is 0 Å². The van der Waals surface area contributed by atoms with Gasteiger partial charge in [0.1, 0.15) is 0 Å². The van der Waals surface area contributed by atoms with E-state index in [9.17, 15) is 0 Å². The Morgan fingerprint density at radius 3 is 2.41 bits per heavy atom. The Bertz CT molecular complexity index is 2820. The number of fused-ring (bicyclic) bond motifs is 5. The van der Waals surface area contributed by atoms with Gasteiger partial charge in [-0.05, 0) is 176 Å². The molecule has 0 amide bonds. The summed E-state index contributed by atoms with van der Waals surface area (Å²) in [5, 5.41) is 1.52. The van der Waals surface area contributed by atoms with Crippen molar-refractivity contribution in [1.82, 2.24) is 9.47 Å². The van der Waals surface area contributed by atoms with Crippen LogP contribution in [0, 0.1) is 17.3 Å². The molecule has 0 spiro atoms. The van der Waals surface area contributed by atoms with Crippen LogP contribution in [0.3, 0.4) is 0 Å². The zero-order valence-corrected chi connectivity index (χ0v) is 37.8.